The molecule has 5 heteroatoms. The van der Waals surface area contributed by atoms with E-state index in [-0.39, 0.29) is 5.75 Å². The number of nitrogens with one attached hydrogen (secondary N) is 1. The second kappa shape index (κ2) is 7.59. The van der Waals surface area contributed by atoms with E-state index < -0.39 is 6.61 Å². The Kier molecular flexibility index (Phi) is 5.79. The van der Waals surface area contributed by atoms with Crippen LogP contribution in [0.15, 0.2) is 18.2 Å². The van der Waals surface area contributed by atoms with Crippen molar-refractivity contribution in [2.45, 2.75) is 51.8 Å². The van der Waals surface area contributed by atoms with Gasteiger partial charge in [0.25, 0.3) is 0 Å². The van der Waals surface area contributed by atoms with E-state index >= 15 is 0 Å². The van der Waals surface area contributed by atoms with Crippen molar-refractivity contribution in [3.05, 3.63) is 23.8 Å². The Bertz CT molecular complexity index is 454. The van der Waals surface area contributed by atoms with Gasteiger partial charge >= 0.3 is 6.61 Å². The minimum absolute atomic E-state index is 0.0866. The van der Waals surface area contributed by atoms with Gasteiger partial charge in [-0.2, -0.15) is 8.78 Å². The zero-order valence-corrected chi connectivity index (χ0v) is 12.6. The lowest BCUT2D eigenvalue weighted by molar-refractivity contribution is -0.0512. The fourth-order valence-electron chi connectivity index (χ4n) is 2.89. The maximum atomic E-state index is 12.4. The Balaban J connectivity index is 1.99. The first-order valence-electron chi connectivity index (χ1n) is 7.45. The van der Waals surface area contributed by atoms with Gasteiger partial charge in [-0.15, -0.1) is 0 Å². The first kappa shape index (κ1) is 16.0. The molecular formula is C16H23F2NO2. The standard InChI is InChI=1S/C16H23F2NO2/c1-11-5-3-4-6-13(11)19-10-12-7-8-14(20-2)15(9-12)21-16(17)18/h7-9,11,13,16,19H,3-6,10H2,1-2H3. The fourth-order valence-corrected chi connectivity index (χ4v) is 2.89. The summed E-state index contributed by atoms with van der Waals surface area (Å²) < 4.78 is 34.3. The molecule has 2 rings (SSSR count). The molecule has 1 aliphatic rings. The number of alkyl halides is 2. The lowest BCUT2D eigenvalue weighted by Crippen LogP contribution is -2.36. The quantitative estimate of drug-likeness (QED) is 0.862. The molecule has 0 bridgehead atoms. The van der Waals surface area contributed by atoms with Gasteiger partial charge in [-0.05, 0) is 36.5 Å². The first-order valence-corrected chi connectivity index (χ1v) is 7.45. The van der Waals surface area contributed by atoms with Crippen molar-refractivity contribution in [2.24, 2.45) is 5.92 Å². The highest BCUT2D eigenvalue weighted by Gasteiger charge is 2.20. The number of hydrogen-bond donors (Lipinski definition) is 1. The summed E-state index contributed by atoms with van der Waals surface area (Å²) in [4.78, 5) is 0. The van der Waals surface area contributed by atoms with Gasteiger partial charge in [-0.3, -0.25) is 0 Å². The third-order valence-electron chi connectivity index (χ3n) is 4.12. The zero-order chi connectivity index (χ0) is 15.2. The van der Waals surface area contributed by atoms with Crippen molar-refractivity contribution in [1.82, 2.24) is 5.32 Å². The minimum atomic E-state index is -2.85. The highest BCUT2D eigenvalue weighted by atomic mass is 19.3. The van der Waals surface area contributed by atoms with Gasteiger partial charge in [0.15, 0.2) is 11.5 Å². The maximum absolute atomic E-state index is 12.4. The maximum Gasteiger partial charge on any atom is 0.387 e. The topological polar surface area (TPSA) is 30.5 Å². The second-order valence-corrected chi connectivity index (χ2v) is 5.61. The fraction of sp³-hybridized carbons (Fsp3) is 0.625. The molecule has 1 aromatic rings. The molecule has 2 atom stereocenters. The number of hydrogen-bond acceptors (Lipinski definition) is 3. The average Bonchev–Trinajstić information content (AvgIpc) is 2.46. The van der Waals surface area contributed by atoms with Gasteiger partial charge in [0.2, 0.25) is 0 Å². The van der Waals surface area contributed by atoms with Gasteiger partial charge in [-0.25, -0.2) is 0 Å². The van der Waals surface area contributed by atoms with Crippen LogP contribution in [-0.2, 0) is 6.54 Å². The molecule has 0 spiro atoms. The Morgan fingerprint density at radius 1 is 1.24 bits per heavy atom. The summed E-state index contributed by atoms with van der Waals surface area (Å²) in [5, 5.41) is 3.52. The summed E-state index contributed by atoms with van der Waals surface area (Å²) >= 11 is 0. The molecule has 2 unspecified atom stereocenters. The van der Waals surface area contributed by atoms with Gasteiger partial charge in [0, 0.05) is 12.6 Å². The Morgan fingerprint density at radius 3 is 2.67 bits per heavy atom. The van der Waals surface area contributed by atoms with E-state index in [9.17, 15) is 8.78 Å². The molecular weight excluding hydrogens is 276 g/mol. The summed E-state index contributed by atoms with van der Waals surface area (Å²) in [6, 6.07) is 5.66. The molecule has 3 nitrogen and oxygen atoms in total. The van der Waals surface area contributed by atoms with Crippen LogP contribution in [0.4, 0.5) is 8.78 Å². The Hall–Kier alpha value is -1.36. The molecule has 0 radical (unpaired) electrons. The van der Waals surface area contributed by atoms with Gasteiger partial charge in [-0.1, -0.05) is 25.8 Å². The predicted octanol–water partition coefficient (Wildman–Crippen LogP) is 3.96. The summed E-state index contributed by atoms with van der Waals surface area (Å²) in [6.45, 7) is 0.0647. The molecule has 0 heterocycles. The van der Waals surface area contributed by atoms with Crippen LogP contribution in [0.1, 0.15) is 38.2 Å². The highest BCUT2D eigenvalue weighted by molar-refractivity contribution is 5.43. The Morgan fingerprint density at radius 2 is 2.00 bits per heavy atom. The van der Waals surface area contributed by atoms with E-state index in [4.69, 9.17) is 4.74 Å². The molecule has 1 aliphatic carbocycles. The number of benzene rings is 1. The number of halogens is 2. The number of methoxy groups -OCH3 is 1. The molecule has 0 aliphatic heterocycles. The van der Waals surface area contributed by atoms with E-state index in [1.165, 1.54) is 32.8 Å². The monoisotopic (exact) mass is 299 g/mol. The van der Waals surface area contributed by atoms with Crippen LogP contribution in [0.2, 0.25) is 0 Å². The first-order chi connectivity index (χ1) is 10.1. The highest BCUT2D eigenvalue weighted by Crippen LogP contribution is 2.30. The van der Waals surface area contributed by atoms with Gasteiger partial charge < -0.3 is 14.8 Å². The van der Waals surface area contributed by atoms with Crippen molar-refractivity contribution < 1.29 is 18.3 Å². The van der Waals surface area contributed by atoms with E-state index in [2.05, 4.69) is 17.0 Å². The molecule has 1 aromatic carbocycles. The summed E-state index contributed by atoms with van der Waals surface area (Å²) in [7, 11) is 1.44. The van der Waals surface area contributed by atoms with Crippen molar-refractivity contribution in [3.63, 3.8) is 0 Å². The molecule has 118 valence electrons. The molecule has 0 amide bonds. The minimum Gasteiger partial charge on any atom is -0.493 e. The zero-order valence-electron chi connectivity index (χ0n) is 12.6. The number of ether oxygens (including phenoxy) is 2. The van der Waals surface area contributed by atoms with Gasteiger partial charge in [0.05, 0.1) is 7.11 Å². The molecule has 1 saturated carbocycles. The average molecular weight is 299 g/mol. The van der Waals surface area contributed by atoms with Crippen LogP contribution in [0.3, 0.4) is 0 Å². The summed E-state index contributed by atoms with van der Waals surface area (Å²) in [5.74, 6) is 1.07. The van der Waals surface area contributed by atoms with E-state index in [0.29, 0.717) is 24.3 Å². The third kappa shape index (κ3) is 4.56. The molecule has 0 saturated heterocycles. The van der Waals surface area contributed by atoms with E-state index in [0.717, 1.165) is 5.56 Å². The predicted molar refractivity (Wildman–Crippen MR) is 77.9 cm³/mol. The Labute approximate surface area is 124 Å². The lowest BCUT2D eigenvalue weighted by atomic mass is 9.86. The van der Waals surface area contributed by atoms with Crippen LogP contribution in [0.25, 0.3) is 0 Å². The van der Waals surface area contributed by atoms with Crippen molar-refractivity contribution >= 4 is 0 Å². The van der Waals surface area contributed by atoms with Crippen LogP contribution in [0, 0.1) is 5.92 Å². The summed E-state index contributed by atoms with van der Waals surface area (Å²) in [6.07, 6.45) is 4.98. The smallest absolute Gasteiger partial charge is 0.387 e. The molecule has 1 N–H and O–H groups in total. The molecule has 0 aromatic heterocycles. The van der Waals surface area contributed by atoms with Crippen molar-refractivity contribution in [1.29, 1.82) is 0 Å². The number of rotatable bonds is 6. The third-order valence-corrected chi connectivity index (χ3v) is 4.12. The van der Waals surface area contributed by atoms with E-state index in [1.54, 1.807) is 12.1 Å². The van der Waals surface area contributed by atoms with Crippen LogP contribution in [0.5, 0.6) is 11.5 Å². The van der Waals surface area contributed by atoms with Crippen LogP contribution in [-0.4, -0.2) is 19.8 Å². The normalized spacial score (nSPS) is 22.3. The van der Waals surface area contributed by atoms with Crippen molar-refractivity contribution in [3.8, 4) is 11.5 Å². The largest absolute Gasteiger partial charge is 0.493 e. The van der Waals surface area contributed by atoms with Crippen molar-refractivity contribution in [2.75, 3.05) is 7.11 Å². The van der Waals surface area contributed by atoms with Crippen LogP contribution < -0.4 is 14.8 Å². The van der Waals surface area contributed by atoms with Gasteiger partial charge in [0.1, 0.15) is 0 Å². The summed E-state index contributed by atoms with van der Waals surface area (Å²) in [5.41, 5.74) is 0.921. The second-order valence-electron chi connectivity index (χ2n) is 5.61. The van der Waals surface area contributed by atoms with Crippen LogP contribution >= 0.6 is 0 Å². The molecule has 21 heavy (non-hydrogen) atoms. The molecule has 1 fully saturated rings. The SMILES string of the molecule is COc1ccc(CNC2CCCCC2C)cc1OC(F)F. The lowest BCUT2D eigenvalue weighted by Gasteiger charge is -2.29. The van der Waals surface area contributed by atoms with E-state index in [1.807, 2.05) is 6.07 Å².